The maximum absolute atomic E-state index is 9.51. The van der Waals surface area contributed by atoms with Crippen LogP contribution in [0.5, 0.6) is 0 Å². The maximum atomic E-state index is 9.51. The molecule has 106 valence electrons. The van der Waals surface area contributed by atoms with Crippen molar-refractivity contribution in [1.29, 1.82) is 5.26 Å². The van der Waals surface area contributed by atoms with E-state index in [9.17, 15) is 5.26 Å². The lowest BCUT2D eigenvalue weighted by atomic mass is 9.94. The molecule has 1 aliphatic carbocycles. The SMILES string of the molecule is N#CC(CN1CCCC1C1CCCC1)c1ccccc1. The Hall–Kier alpha value is -1.33. The van der Waals surface area contributed by atoms with E-state index in [0.717, 1.165) is 18.5 Å². The van der Waals surface area contributed by atoms with Gasteiger partial charge in [0, 0.05) is 12.6 Å². The van der Waals surface area contributed by atoms with Gasteiger partial charge in [-0.15, -0.1) is 0 Å². The van der Waals surface area contributed by atoms with Crippen molar-refractivity contribution in [2.24, 2.45) is 5.92 Å². The van der Waals surface area contributed by atoms with E-state index in [-0.39, 0.29) is 5.92 Å². The van der Waals surface area contributed by atoms with Gasteiger partial charge in [-0.2, -0.15) is 5.26 Å². The summed E-state index contributed by atoms with van der Waals surface area (Å²) in [5, 5.41) is 9.51. The molecule has 0 bridgehead atoms. The number of benzene rings is 1. The van der Waals surface area contributed by atoms with E-state index in [0.29, 0.717) is 0 Å². The van der Waals surface area contributed by atoms with Gasteiger partial charge < -0.3 is 0 Å². The predicted molar refractivity (Wildman–Crippen MR) is 81.3 cm³/mol. The topological polar surface area (TPSA) is 27.0 Å². The molecule has 3 rings (SSSR count). The highest BCUT2D eigenvalue weighted by atomic mass is 15.2. The predicted octanol–water partition coefficient (Wildman–Crippen LogP) is 3.95. The lowest BCUT2D eigenvalue weighted by Crippen LogP contribution is -2.37. The highest BCUT2D eigenvalue weighted by molar-refractivity contribution is 5.25. The summed E-state index contributed by atoms with van der Waals surface area (Å²) in [6.07, 6.45) is 8.30. The summed E-state index contributed by atoms with van der Waals surface area (Å²) >= 11 is 0. The standard InChI is InChI=1S/C18H24N2/c19-13-17(15-7-2-1-3-8-15)14-20-12-6-11-18(20)16-9-4-5-10-16/h1-3,7-8,16-18H,4-6,9-12,14H2. The van der Waals surface area contributed by atoms with Gasteiger partial charge in [0.2, 0.25) is 0 Å². The Morgan fingerprint density at radius 1 is 1.10 bits per heavy atom. The lowest BCUT2D eigenvalue weighted by molar-refractivity contribution is 0.187. The van der Waals surface area contributed by atoms with Crippen molar-refractivity contribution < 1.29 is 0 Å². The van der Waals surface area contributed by atoms with E-state index < -0.39 is 0 Å². The van der Waals surface area contributed by atoms with Crippen molar-refractivity contribution in [3.05, 3.63) is 35.9 Å². The van der Waals surface area contributed by atoms with Gasteiger partial charge in [0.25, 0.3) is 0 Å². The summed E-state index contributed by atoms with van der Waals surface area (Å²) in [4.78, 5) is 2.61. The van der Waals surface area contributed by atoms with Crippen LogP contribution in [0.4, 0.5) is 0 Å². The fourth-order valence-corrected chi connectivity index (χ4v) is 4.10. The van der Waals surface area contributed by atoms with Gasteiger partial charge in [-0.05, 0) is 43.7 Å². The van der Waals surface area contributed by atoms with Crippen LogP contribution in [-0.2, 0) is 0 Å². The highest BCUT2D eigenvalue weighted by Crippen LogP contribution is 2.36. The zero-order valence-corrected chi connectivity index (χ0v) is 12.2. The molecule has 1 aromatic rings. The number of nitriles is 1. The number of nitrogens with zero attached hydrogens (tertiary/aromatic N) is 2. The van der Waals surface area contributed by atoms with E-state index in [1.54, 1.807) is 0 Å². The second-order valence-electron chi connectivity index (χ2n) is 6.34. The fourth-order valence-electron chi connectivity index (χ4n) is 4.10. The van der Waals surface area contributed by atoms with Crippen LogP contribution in [0.25, 0.3) is 0 Å². The third kappa shape index (κ3) is 2.88. The molecule has 1 aliphatic heterocycles. The van der Waals surface area contributed by atoms with Crippen molar-refractivity contribution in [1.82, 2.24) is 4.90 Å². The molecule has 2 aliphatic rings. The van der Waals surface area contributed by atoms with E-state index in [2.05, 4.69) is 23.1 Å². The summed E-state index contributed by atoms with van der Waals surface area (Å²) < 4.78 is 0. The van der Waals surface area contributed by atoms with Crippen LogP contribution in [0.3, 0.4) is 0 Å². The maximum Gasteiger partial charge on any atom is 0.0839 e. The Morgan fingerprint density at radius 3 is 2.55 bits per heavy atom. The van der Waals surface area contributed by atoms with Crippen LogP contribution in [-0.4, -0.2) is 24.0 Å². The third-order valence-electron chi connectivity index (χ3n) is 5.13. The molecule has 1 aromatic carbocycles. The van der Waals surface area contributed by atoms with Crippen LogP contribution in [0.1, 0.15) is 50.0 Å². The number of hydrogen-bond acceptors (Lipinski definition) is 2. The third-order valence-corrected chi connectivity index (χ3v) is 5.13. The number of hydrogen-bond donors (Lipinski definition) is 0. The minimum absolute atomic E-state index is 0.0261. The van der Waals surface area contributed by atoms with Crippen LogP contribution in [0.15, 0.2) is 30.3 Å². The van der Waals surface area contributed by atoms with Gasteiger partial charge in [-0.25, -0.2) is 0 Å². The number of rotatable bonds is 4. The summed E-state index contributed by atoms with van der Waals surface area (Å²) in [7, 11) is 0. The van der Waals surface area contributed by atoms with Gasteiger partial charge in [0.15, 0.2) is 0 Å². The van der Waals surface area contributed by atoms with E-state index in [4.69, 9.17) is 0 Å². The van der Waals surface area contributed by atoms with E-state index >= 15 is 0 Å². The molecule has 2 fully saturated rings. The zero-order chi connectivity index (χ0) is 13.8. The largest absolute Gasteiger partial charge is 0.298 e. The number of likely N-dealkylation sites (tertiary alicyclic amines) is 1. The van der Waals surface area contributed by atoms with Crippen molar-refractivity contribution in [3.8, 4) is 6.07 Å². The summed E-state index contributed by atoms with van der Waals surface area (Å²) in [5.74, 6) is 0.922. The first kappa shape index (κ1) is 13.6. The highest BCUT2D eigenvalue weighted by Gasteiger charge is 2.34. The molecular weight excluding hydrogens is 244 g/mol. The van der Waals surface area contributed by atoms with Gasteiger partial charge in [-0.1, -0.05) is 43.2 Å². The Labute approximate surface area is 122 Å². The van der Waals surface area contributed by atoms with Crippen molar-refractivity contribution in [2.75, 3.05) is 13.1 Å². The first-order valence-electron chi connectivity index (χ1n) is 8.07. The Bertz CT molecular complexity index is 456. The molecule has 2 unspecified atom stereocenters. The van der Waals surface area contributed by atoms with Crippen molar-refractivity contribution >= 4 is 0 Å². The second-order valence-corrected chi connectivity index (χ2v) is 6.34. The average molecular weight is 268 g/mol. The van der Waals surface area contributed by atoms with Crippen LogP contribution in [0.2, 0.25) is 0 Å². The van der Waals surface area contributed by atoms with Crippen LogP contribution in [0, 0.1) is 17.2 Å². The first-order chi connectivity index (χ1) is 9.88. The quantitative estimate of drug-likeness (QED) is 0.826. The summed E-state index contributed by atoms with van der Waals surface area (Å²) in [6.45, 7) is 2.11. The molecule has 0 amide bonds. The molecule has 2 heteroatoms. The Balaban J connectivity index is 1.67. The smallest absolute Gasteiger partial charge is 0.0839 e. The molecular formula is C18H24N2. The molecule has 0 aromatic heterocycles. The van der Waals surface area contributed by atoms with Gasteiger partial charge in [-0.3, -0.25) is 4.90 Å². The average Bonchev–Trinajstić information content (AvgIpc) is 3.16. The van der Waals surface area contributed by atoms with E-state index in [1.807, 2.05) is 18.2 Å². The Kier molecular flexibility index (Phi) is 4.38. The van der Waals surface area contributed by atoms with Gasteiger partial charge in [0.05, 0.1) is 12.0 Å². The van der Waals surface area contributed by atoms with E-state index in [1.165, 1.54) is 50.6 Å². The van der Waals surface area contributed by atoms with Gasteiger partial charge >= 0.3 is 0 Å². The lowest BCUT2D eigenvalue weighted by Gasteiger charge is -2.30. The van der Waals surface area contributed by atoms with Crippen molar-refractivity contribution in [2.45, 2.75) is 50.5 Å². The minimum Gasteiger partial charge on any atom is -0.298 e. The molecule has 1 saturated carbocycles. The fraction of sp³-hybridized carbons (Fsp3) is 0.611. The van der Waals surface area contributed by atoms with Crippen molar-refractivity contribution in [3.63, 3.8) is 0 Å². The minimum atomic E-state index is 0.0261. The zero-order valence-electron chi connectivity index (χ0n) is 12.2. The first-order valence-corrected chi connectivity index (χ1v) is 8.07. The molecule has 2 atom stereocenters. The molecule has 0 N–H and O–H groups in total. The molecule has 0 radical (unpaired) electrons. The summed E-state index contributed by atoms with van der Waals surface area (Å²) in [5.41, 5.74) is 1.17. The van der Waals surface area contributed by atoms with Crippen LogP contribution >= 0.6 is 0 Å². The van der Waals surface area contributed by atoms with Crippen LogP contribution < -0.4 is 0 Å². The monoisotopic (exact) mass is 268 g/mol. The summed E-state index contributed by atoms with van der Waals surface area (Å²) in [6, 6.07) is 13.5. The molecule has 20 heavy (non-hydrogen) atoms. The Morgan fingerprint density at radius 2 is 1.85 bits per heavy atom. The molecule has 2 nitrogen and oxygen atoms in total. The second kappa shape index (κ2) is 6.41. The van der Waals surface area contributed by atoms with Gasteiger partial charge in [0.1, 0.15) is 0 Å². The molecule has 0 spiro atoms. The molecule has 1 saturated heterocycles. The normalized spacial score (nSPS) is 25.6. The molecule has 1 heterocycles.